The van der Waals surface area contributed by atoms with Crippen LogP contribution < -0.4 is 21.5 Å². The second-order valence-corrected chi connectivity index (χ2v) is 7.21. The van der Waals surface area contributed by atoms with Gasteiger partial charge >= 0.3 is 6.09 Å². The molecule has 1 heterocycles. The largest absolute Gasteiger partial charge is 0.443 e. The average Bonchev–Trinajstić information content (AvgIpc) is 3.12. The number of nitro benzene ring substituents is 1. The van der Waals surface area contributed by atoms with E-state index in [1.54, 1.807) is 20.8 Å². The van der Waals surface area contributed by atoms with Crippen LogP contribution in [0.1, 0.15) is 44.0 Å². The maximum Gasteiger partial charge on any atom is 0.426 e. The van der Waals surface area contributed by atoms with E-state index in [1.165, 1.54) is 12.1 Å². The molecule has 0 aromatic heterocycles. The highest BCUT2D eigenvalue weighted by atomic mass is 16.6. The summed E-state index contributed by atoms with van der Waals surface area (Å²) < 4.78 is 4.96. The Morgan fingerprint density at radius 3 is 2.54 bits per heavy atom. The van der Waals surface area contributed by atoms with Crippen molar-refractivity contribution in [3.05, 3.63) is 33.9 Å². The smallest absolute Gasteiger partial charge is 0.426 e. The fraction of sp³-hybridized carbons (Fsp3) is 0.471. The minimum atomic E-state index is -0.906. The van der Waals surface area contributed by atoms with E-state index >= 15 is 0 Å². The number of hydrogen-bond donors (Lipinski definition) is 4. The third kappa shape index (κ3) is 5.91. The zero-order valence-corrected chi connectivity index (χ0v) is 15.8. The van der Waals surface area contributed by atoms with Crippen LogP contribution >= 0.6 is 0 Å². The van der Waals surface area contributed by atoms with Crippen LogP contribution in [0.3, 0.4) is 0 Å². The van der Waals surface area contributed by atoms with Gasteiger partial charge in [-0.15, -0.1) is 0 Å². The molecule has 1 aromatic rings. The molecule has 0 spiro atoms. The van der Waals surface area contributed by atoms with E-state index in [0.717, 1.165) is 19.0 Å². The first-order valence-electron chi connectivity index (χ1n) is 8.69. The molecule has 3 amide bonds. The lowest BCUT2D eigenvalue weighted by Gasteiger charge is -2.19. The average molecular weight is 393 g/mol. The predicted octanol–water partition coefficient (Wildman–Crippen LogP) is 1.45. The van der Waals surface area contributed by atoms with Crippen molar-refractivity contribution >= 4 is 29.3 Å². The summed E-state index contributed by atoms with van der Waals surface area (Å²) in [5.41, 5.74) is 2.72. The lowest BCUT2D eigenvalue weighted by molar-refractivity contribution is -0.385. The van der Waals surface area contributed by atoms with Gasteiger partial charge in [-0.2, -0.15) is 0 Å². The Morgan fingerprint density at radius 1 is 1.25 bits per heavy atom. The highest BCUT2D eigenvalue weighted by Gasteiger charge is 2.25. The van der Waals surface area contributed by atoms with Crippen molar-refractivity contribution in [2.75, 3.05) is 11.9 Å². The number of nitro groups is 1. The molecule has 0 aliphatic carbocycles. The van der Waals surface area contributed by atoms with E-state index in [9.17, 15) is 24.5 Å². The summed E-state index contributed by atoms with van der Waals surface area (Å²) >= 11 is 0. The van der Waals surface area contributed by atoms with Gasteiger partial charge in [0.25, 0.3) is 11.6 Å². The highest BCUT2D eigenvalue weighted by Crippen LogP contribution is 2.23. The van der Waals surface area contributed by atoms with Crippen molar-refractivity contribution in [1.82, 2.24) is 16.2 Å². The minimum absolute atomic E-state index is 0.196. The lowest BCUT2D eigenvalue weighted by atomic mass is 10.1. The molecule has 2 rings (SSSR count). The molecule has 1 aromatic carbocycles. The van der Waals surface area contributed by atoms with Gasteiger partial charge in [0.1, 0.15) is 11.2 Å². The van der Waals surface area contributed by atoms with Crippen LogP contribution in [0.4, 0.5) is 16.2 Å². The molecule has 11 heteroatoms. The van der Waals surface area contributed by atoms with Gasteiger partial charge in [-0.05, 0) is 52.3 Å². The van der Waals surface area contributed by atoms with Crippen LogP contribution in [0.2, 0.25) is 0 Å². The molecule has 0 radical (unpaired) electrons. The summed E-state index contributed by atoms with van der Waals surface area (Å²) in [6.45, 7) is 5.68. The van der Waals surface area contributed by atoms with Gasteiger partial charge in [-0.25, -0.2) is 10.2 Å². The number of benzene rings is 1. The number of hydrazine groups is 1. The molecule has 0 unspecified atom stereocenters. The summed E-state index contributed by atoms with van der Waals surface area (Å²) in [6.07, 6.45) is 0.656. The summed E-state index contributed by atoms with van der Waals surface area (Å²) in [5.74, 6) is -1.19. The van der Waals surface area contributed by atoms with Crippen molar-refractivity contribution < 1.29 is 24.0 Å². The Hall–Kier alpha value is -3.21. The molecule has 1 saturated heterocycles. The number of ether oxygens (including phenoxy) is 1. The Labute approximate surface area is 161 Å². The van der Waals surface area contributed by atoms with Crippen molar-refractivity contribution in [1.29, 1.82) is 0 Å². The van der Waals surface area contributed by atoms with Crippen LogP contribution in [-0.4, -0.2) is 41.0 Å². The number of anilines is 1. The SMILES string of the molecule is CC(C)(C)OC(=O)NNC(=O)c1ccc(NC(=O)[C@@H]2CCCN2)cc1[N+](=O)[O-]. The maximum absolute atomic E-state index is 12.2. The number of amides is 3. The molecule has 0 saturated carbocycles. The molecule has 1 aliphatic rings. The van der Waals surface area contributed by atoms with Crippen molar-refractivity contribution in [3.8, 4) is 0 Å². The van der Waals surface area contributed by atoms with Gasteiger partial charge in [0.05, 0.1) is 11.0 Å². The first-order valence-corrected chi connectivity index (χ1v) is 8.69. The van der Waals surface area contributed by atoms with Gasteiger partial charge in [-0.1, -0.05) is 0 Å². The summed E-state index contributed by atoms with van der Waals surface area (Å²) in [4.78, 5) is 46.5. The van der Waals surface area contributed by atoms with Crippen molar-refractivity contribution in [2.24, 2.45) is 0 Å². The maximum atomic E-state index is 12.2. The molecule has 1 aliphatic heterocycles. The van der Waals surface area contributed by atoms with Crippen LogP contribution in [-0.2, 0) is 9.53 Å². The number of rotatable bonds is 4. The first kappa shape index (κ1) is 21.1. The number of nitrogens with zero attached hydrogens (tertiary/aromatic N) is 1. The molecule has 4 N–H and O–H groups in total. The van der Waals surface area contributed by atoms with E-state index in [0.29, 0.717) is 6.42 Å². The van der Waals surface area contributed by atoms with Crippen molar-refractivity contribution in [2.45, 2.75) is 45.3 Å². The summed E-state index contributed by atoms with van der Waals surface area (Å²) in [7, 11) is 0. The van der Waals surface area contributed by atoms with E-state index < -0.39 is 28.2 Å². The van der Waals surface area contributed by atoms with E-state index in [4.69, 9.17) is 4.74 Å². The van der Waals surface area contributed by atoms with E-state index in [1.807, 2.05) is 5.43 Å². The summed E-state index contributed by atoms with van der Waals surface area (Å²) in [6, 6.07) is 3.32. The monoisotopic (exact) mass is 393 g/mol. The fourth-order valence-corrected chi connectivity index (χ4v) is 2.57. The fourth-order valence-electron chi connectivity index (χ4n) is 2.57. The number of nitrogens with one attached hydrogen (secondary N) is 4. The highest BCUT2D eigenvalue weighted by molar-refractivity contribution is 6.00. The predicted molar refractivity (Wildman–Crippen MR) is 99.6 cm³/mol. The Balaban J connectivity index is 2.07. The standard InChI is InChI=1S/C17H23N5O6/c1-17(2,3)28-16(25)21-20-14(23)11-7-6-10(9-13(11)22(26)27)19-15(24)12-5-4-8-18-12/h6-7,9,12,18H,4-5,8H2,1-3H3,(H,19,24)(H,20,23)(H,21,25)/t12-/m0/s1. The molecular formula is C17H23N5O6. The number of hydrogen-bond acceptors (Lipinski definition) is 7. The topological polar surface area (TPSA) is 152 Å². The second-order valence-electron chi connectivity index (χ2n) is 7.21. The van der Waals surface area contributed by atoms with Crippen LogP contribution in [0, 0.1) is 10.1 Å². The molecule has 0 bridgehead atoms. The molecule has 1 fully saturated rings. The van der Waals surface area contributed by atoms with Crippen LogP contribution in [0.15, 0.2) is 18.2 Å². The van der Waals surface area contributed by atoms with Gasteiger partial charge < -0.3 is 15.4 Å². The third-order valence-corrected chi connectivity index (χ3v) is 3.76. The molecule has 28 heavy (non-hydrogen) atoms. The summed E-state index contributed by atoms with van der Waals surface area (Å²) in [5, 5.41) is 17.0. The van der Waals surface area contributed by atoms with Gasteiger partial charge in [0, 0.05) is 11.8 Å². The molecular weight excluding hydrogens is 370 g/mol. The lowest BCUT2D eigenvalue weighted by Crippen LogP contribution is -2.44. The Kier molecular flexibility index (Phi) is 6.52. The van der Waals surface area contributed by atoms with Gasteiger partial charge in [0.15, 0.2) is 0 Å². The van der Waals surface area contributed by atoms with Gasteiger partial charge in [-0.3, -0.25) is 25.1 Å². The number of carbonyl (C=O) groups is 3. The normalized spacial score (nSPS) is 16.2. The number of carbonyl (C=O) groups excluding carboxylic acids is 3. The molecule has 152 valence electrons. The third-order valence-electron chi connectivity index (χ3n) is 3.76. The first-order chi connectivity index (χ1) is 13.1. The minimum Gasteiger partial charge on any atom is -0.443 e. The molecule has 1 atom stereocenters. The quantitative estimate of drug-likeness (QED) is 0.446. The van der Waals surface area contributed by atoms with E-state index in [2.05, 4.69) is 16.1 Å². The Morgan fingerprint density at radius 2 is 1.96 bits per heavy atom. The van der Waals surface area contributed by atoms with Gasteiger partial charge in [0.2, 0.25) is 5.91 Å². The van der Waals surface area contributed by atoms with Crippen LogP contribution in [0.25, 0.3) is 0 Å². The van der Waals surface area contributed by atoms with E-state index in [-0.39, 0.29) is 23.2 Å². The van der Waals surface area contributed by atoms with Crippen LogP contribution in [0.5, 0.6) is 0 Å². The zero-order chi connectivity index (χ0) is 20.9. The van der Waals surface area contributed by atoms with Crippen molar-refractivity contribution in [3.63, 3.8) is 0 Å². The Bertz CT molecular complexity index is 783. The zero-order valence-electron chi connectivity index (χ0n) is 15.8. The molecule has 11 nitrogen and oxygen atoms in total. The second kappa shape index (κ2) is 8.65.